The summed E-state index contributed by atoms with van der Waals surface area (Å²) in [5.41, 5.74) is 0.650. The number of unbranched alkanes of at least 4 members (excludes halogenated alkanes) is 3. The second kappa shape index (κ2) is 8.64. The van der Waals surface area contributed by atoms with Gasteiger partial charge < -0.3 is 15.4 Å². The summed E-state index contributed by atoms with van der Waals surface area (Å²) in [4.78, 5) is 11.6. The average molecular weight is 285 g/mol. The fraction of sp³-hybridized carbons (Fsp3) is 0.500. The van der Waals surface area contributed by atoms with Gasteiger partial charge in [-0.15, -0.1) is 0 Å². The van der Waals surface area contributed by atoms with Gasteiger partial charge in [-0.3, -0.25) is 0 Å². The van der Waals surface area contributed by atoms with Gasteiger partial charge >= 0.3 is 6.03 Å². The lowest BCUT2D eigenvalue weighted by Gasteiger charge is -2.09. The molecule has 0 unspecified atom stereocenters. The Morgan fingerprint density at radius 1 is 1.32 bits per heavy atom. The van der Waals surface area contributed by atoms with Crippen LogP contribution in [0.2, 0.25) is 5.02 Å². The molecular formula is C14H21ClN2O2. The molecule has 0 saturated carbocycles. The number of amides is 2. The Bertz CT molecular complexity index is 410. The van der Waals surface area contributed by atoms with E-state index < -0.39 is 0 Å². The van der Waals surface area contributed by atoms with E-state index in [0.717, 1.165) is 12.8 Å². The van der Waals surface area contributed by atoms with Gasteiger partial charge in [-0.05, 0) is 24.6 Å². The number of halogens is 1. The summed E-state index contributed by atoms with van der Waals surface area (Å²) in [6.45, 7) is 2.85. The first kappa shape index (κ1) is 15.6. The molecule has 1 aromatic rings. The number of carbonyl (C=O) groups is 1. The second-order valence-corrected chi connectivity index (χ2v) is 4.70. The Balaban J connectivity index is 2.34. The molecule has 1 aromatic carbocycles. The number of urea groups is 1. The fourth-order valence-electron chi connectivity index (χ4n) is 1.67. The molecule has 0 spiro atoms. The van der Waals surface area contributed by atoms with Crippen LogP contribution in [0.15, 0.2) is 18.2 Å². The van der Waals surface area contributed by atoms with Gasteiger partial charge in [-0.2, -0.15) is 0 Å². The number of benzene rings is 1. The van der Waals surface area contributed by atoms with Crippen LogP contribution in [0.25, 0.3) is 0 Å². The van der Waals surface area contributed by atoms with E-state index in [1.165, 1.54) is 12.8 Å². The van der Waals surface area contributed by atoms with Gasteiger partial charge in [0, 0.05) is 12.2 Å². The van der Waals surface area contributed by atoms with E-state index in [1.54, 1.807) is 25.3 Å². The lowest BCUT2D eigenvalue weighted by atomic mass is 10.2. The maximum absolute atomic E-state index is 11.6. The van der Waals surface area contributed by atoms with E-state index in [0.29, 0.717) is 23.0 Å². The third-order valence-corrected chi connectivity index (χ3v) is 3.02. The van der Waals surface area contributed by atoms with E-state index in [-0.39, 0.29) is 6.03 Å². The van der Waals surface area contributed by atoms with E-state index >= 15 is 0 Å². The number of anilines is 1. The van der Waals surface area contributed by atoms with Crippen molar-refractivity contribution in [2.75, 3.05) is 19.0 Å². The number of ether oxygens (including phenoxy) is 1. The summed E-state index contributed by atoms with van der Waals surface area (Å²) < 4.78 is 5.05. The minimum absolute atomic E-state index is 0.210. The predicted molar refractivity (Wildman–Crippen MR) is 79.2 cm³/mol. The van der Waals surface area contributed by atoms with Crippen molar-refractivity contribution >= 4 is 23.3 Å². The Morgan fingerprint density at radius 3 is 2.74 bits per heavy atom. The molecule has 19 heavy (non-hydrogen) atoms. The van der Waals surface area contributed by atoms with Crippen LogP contribution in [-0.4, -0.2) is 19.7 Å². The first-order valence-corrected chi connectivity index (χ1v) is 6.93. The van der Waals surface area contributed by atoms with E-state index in [4.69, 9.17) is 16.3 Å². The molecule has 0 aliphatic carbocycles. The first-order valence-electron chi connectivity index (χ1n) is 6.55. The molecule has 5 heteroatoms. The Kier molecular flexibility index (Phi) is 7.11. The third-order valence-electron chi connectivity index (χ3n) is 2.73. The SMILES string of the molecule is CCCCCCNC(=O)Nc1ccc(OC)c(Cl)c1. The maximum atomic E-state index is 11.6. The summed E-state index contributed by atoms with van der Waals surface area (Å²) in [6.07, 6.45) is 4.55. The summed E-state index contributed by atoms with van der Waals surface area (Å²) >= 11 is 5.98. The van der Waals surface area contributed by atoms with Crippen LogP contribution in [-0.2, 0) is 0 Å². The van der Waals surface area contributed by atoms with Crippen LogP contribution >= 0.6 is 11.6 Å². The topological polar surface area (TPSA) is 50.4 Å². The zero-order chi connectivity index (χ0) is 14.1. The molecular weight excluding hydrogens is 264 g/mol. The average Bonchev–Trinajstić information content (AvgIpc) is 2.39. The minimum atomic E-state index is -0.210. The third kappa shape index (κ3) is 5.83. The summed E-state index contributed by atoms with van der Waals surface area (Å²) in [7, 11) is 1.55. The van der Waals surface area contributed by atoms with E-state index in [1.807, 2.05) is 0 Å². The standard InChI is InChI=1S/C14H21ClN2O2/c1-3-4-5-6-9-16-14(18)17-11-7-8-13(19-2)12(15)10-11/h7-8,10H,3-6,9H2,1-2H3,(H2,16,17,18). The Hall–Kier alpha value is -1.42. The molecule has 1 rings (SSSR count). The molecule has 106 valence electrons. The molecule has 0 radical (unpaired) electrons. The smallest absolute Gasteiger partial charge is 0.319 e. The minimum Gasteiger partial charge on any atom is -0.495 e. The molecule has 0 saturated heterocycles. The number of carbonyl (C=O) groups excluding carboxylic acids is 1. The molecule has 0 atom stereocenters. The largest absolute Gasteiger partial charge is 0.495 e. The number of nitrogens with one attached hydrogen (secondary N) is 2. The second-order valence-electron chi connectivity index (χ2n) is 4.29. The van der Waals surface area contributed by atoms with Crippen molar-refractivity contribution in [2.45, 2.75) is 32.6 Å². The number of hydrogen-bond donors (Lipinski definition) is 2. The molecule has 0 fully saturated rings. The normalized spacial score (nSPS) is 10.1. The maximum Gasteiger partial charge on any atom is 0.319 e. The van der Waals surface area contributed by atoms with Gasteiger partial charge in [-0.25, -0.2) is 4.79 Å². The fourth-order valence-corrected chi connectivity index (χ4v) is 1.93. The van der Waals surface area contributed by atoms with Crippen LogP contribution in [0.3, 0.4) is 0 Å². The van der Waals surface area contributed by atoms with Crippen molar-refractivity contribution in [3.05, 3.63) is 23.2 Å². The zero-order valence-corrected chi connectivity index (χ0v) is 12.2. The highest BCUT2D eigenvalue weighted by Gasteiger charge is 2.04. The summed E-state index contributed by atoms with van der Waals surface area (Å²) in [6, 6.07) is 4.93. The van der Waals surface area contributed by atoms with Crippen molar-refractivity contribution in [1.29, 1.82) is 0 Å². The van der Waals surface area contributed by atoms with E-state index in [9.17, 15) is 4.79 Å². The van der Waals surface area contributed by atoms with Crippen LogP contribution in [0.5, 0.6) is 5.75 Å². The molecule has 0 aliphatic heterocycles. The zero-order valence-electron chi connectivity index (χ0n) is 11.5. The van der Waals surface area contributed by atoms with Gasteiger partial charge in [0.2, 0.25) is 0 Å². The summed E-state index contributed by atoms with van der Waals surface area (Å²) in [5, 5.41) is 6.02. The van der Waals surface area contributed by atoms with Crippen LogP contribution in [0.4, 0.5) is 10.5 Å². The number of methoxy groups -OCH3 is 1. The molecule has 0 heterocycles. The van der Waals surface area contributed by atoms with Crippen molar-refractivity contribution < 1.29 is 9.53 Å². The van der Waals surface area contributed by atoms with Crippen molar-refractivity contribution in [3.8, 4) is 5.75 Å². The Labute approximate surface area is 119 Å². The molecule has 4 nitrogen and oxygen atoms in total. The van der Waals surface area contributed by atoms with Crippen molar-refractivity contribution in [2.24, 2.45) is 0 Å². The molecule has 2 amide bonds. The van der Waals surface area contributed by atoms with Gasteiger partial charge in [0.25, 0.3) is 0 Å². The van der Waals surface area contributed by atoms with Gasteiger partial charge in [-0.1, -0.05) is 37.8 Å². The lowest BCUT2D eigenvalue weighted by molar-refractivity contribution is 0.252. The predicted octanol–water partition coefficient (Wildman–Crippen LogP) is 4.05. The molecule has 0 bridgehead atoms. The quantitative estimate of drug-likeness (QED) is 0.742. The number of hydrogen-bond acceptors (Lipinski definition) is 2. The van der Waals surface area contributed by atoms with Crippen LogP contribution in [0, 0.1) is 0 Å². The highest BCUT2D eigenvalue weighted by Crippen LogP contribution is 2.27. The van der Waals surface area contributed by atoms with Crippen molar-refractivity contribution in [1.82, 2.24) is 5.32 Å². The van der Waals surface area contributed by atoms with E-state index in [2.05, 4.69) is 17.6 Å². The highest BCUT2D eigenvalue weighted by atomic mass is 35.5. The van der Waals surface area contributed by atoms with Gasteiger partial charge in [0.1, 0.15) is 5.75 Å². The Morgan fingerprint density at radius 2 is 2.11 bits per heavy atom. The monoisotopic (exact) mass is 284 g/mol. The molecule has 0 aromatic heterocycles. The molecule has 0 aliphatic rings. The summed E-state index contributed by atoms with van der Waals surface area (Å²) in [5.74, 6) is 0.590. The number of rotatable bonds is 7. The van der Waals surface area contributed by atoms with Crippen LogP contribution in [0.1, 0.15) is 32.6 Å². The van der Waals surface area contributed by atoms with Crippen LogP contribution < -0.4 is 15.4 Å². The molecule has 2 N–H and O–H groups in total. The van der Waals surface area contributed by atoms with Crippen molar-refractivity contribution in [3.63, 3.8) is 0 Å². The van der Waals surface area contributed by atoms with Gasteiger partial charge in [0.05, 0.1) is 12.1 Å². The highest BCUT2D eigenvalue weighted by molar-refractivity contribution is 6.32. The lowest BCUT2D eigenvalue weighted by Crippen LogP contribution is -2.29. The first-order chi connectivity index (χ1) is 9.17. The van der Waals surface area contributed by atoms with Gasteiger partial charge in [0.15, 0.2) is 0 Å².